The Morgan fingerprint density at radius 1 is 1.23 bits per heavy atom. The van der Waals surface area contributed by atoms with Gasteiger partial charge >= 0.3 is 0 Å². The van der Waals surface area contributed by atoms with Gasteiger partial charge < -0.3 is 0 Å². The molecule has 0 saturated carbocycles. The second-order valence-corrected chi connectivity index (χ2v) is 3.06. The first-order valence-electron chi connectivity index (χ1n) is 4.07. The van der Waals surface area contributed by atoms with Crippen LogP contribution < -0.4 is 0 Å². The van der Waals surface area contributed by atoms with Gasteiger partial charge in [-0.25, -0.2) is 15.0 Å². The van der Waals surface area contributed by atoms with Crippen molar-refractivity contribution in [2.24, 2.45) is 0 Å². The van der Waals surface area contributed by atoms with Gasteiger partial charge in [-0.05, 0) is 0 Å². The smallest absolute Gasteiger partial charge is 0.203 e. The van der Waals surface area contributed by atoms with E-state index in [1.54, 1.807) is 6.20 Å². The average Bonchev–Trinajstić information content (AvgIpc) is 2.17. The van der Waals surface area contributed by atoms with E-state index in [-0.39, 0.29) is 5.92 Å². The van der Waals surface area contributed by atoms with Crippen molar-refractivity contribution in [2.45, 2.75) is 19.8 Å². The Balaban J connectivity index is 2.62. The zero-order valence-corrected chi connectivity index (χ0v) is 7.47. The van der Waals surface area contributed by atoms with Crippen molar-refractivity contribution in [3.63, 3.8) is 0 Å². The molecule has 0 aromatic carbocycles. The van der Waals surface area contributed by atoms with Crippen molar-refractivity contribution >= 4 is 11.2 Å². The highest BCUT2D eigenvalue weighted by molar-refractivity contribution is 5.66. The molecule has 0 amide bonds. The SMILES string of the molecule is CC(C)c1nnc2ncncc2n1. The van der Waals surface area contributed by atoms with E-state index in [2.05, 4.69) is 25.1 Å². The molecule has 2 aromatic heterocycles. The third-order valence-electron chi connectivity index (χ3n) is 1.67. The van der Waals surface area contributed by atoms with Gasteiger partial charge in [0.2, 0.25) is 5.65 Å². The zero-order chi connectivity index (χ0) is 9.26. The summed E-state index contributed by atoms with van der Waals surface area (Å²) in [4.78, 5) is 12.1. The molecule has 66 valence electrons. The van der Waals surface area contributed by atoms with Gasteiger partial charge in [0.05, 0.1) is 6.20 Å². The van der Waals surface area contributed by atoms with Gasteiger partial charge in [0.1, 0.15) is 11.8 Å². The lowest BCUT2D eigenvalue weighted by Gasteiger charge is -2.01. The molecule has 0 N–H and O–H groups in total. The number of hydrogen-bond acceptors (Lipinski definition) is 5. The second kappa shape index (κ2) is 3.01. The Hall–Kier alpha value is -1.65. The third kappa shape index (κ3) is 1.44. The Morgan fingerprint density at radius 3 is 2.85 bits per heavy atom. The van der Waals surface area contributed by atoms with Crippen molar-refractivity contribution in [1.29, 1.82) is 0 Å². The molecule has 2 rings (SSSR count). The summed E-state index contributed by atoms with van der Waals surface area (Å²) in [6, 6.07) is 0. The maximum atomic E-state index is 4.28. The van der Waals surface area contributed by atoms with Crippen LogP contribution in [0, 0.1) is 0 Å². The van der Waals surface area contributed by atoms with E-state index in [0.717, 1.165) is 5.82 Å². The van der Waals surface area contributed by atoms with Crippen LogP contribution in [0.25, 0.3) is 11.2 Å². The summed E-state index contributed by atoms with van der Waals surface area (Å²) in [7, 11) is 0. The van der Waals surface area contributed by atoms with Gasteiger partial charge in [0, 0.05) is 5.92 Å². The normalized spacial score (nSPS) is 11.0. The molecule has 13 heavy (non-hydrogen) atoms. The fourth-order valence-corrected chi connectivity index (χ4v) is 0.961. The van der Waals surface area contributed by atoms with Crippen LogP contribution in [-0.2, 0) is 0 Å². The fraction of sp³-hybridized carbons (Fsp3) is 0.375. The molecule has 0 fully saturated rings. The Labute approximate surface area is 75.3 Å². The molecule has 5 nitrogen and oxygen atoms in total. The van der Waals surface area contributed by atoms with Gasteiger partial charge in [-0.3, -0.25) is 0 Å². The Morgan fingerprint density at radius 2 is 2.08 bits per heavy atom. The monoisotopic (exact) mass is 175 g/mol. The first-order valence-corrected chi connectivity index (χ1v) is 4.07. The molecule has 0 aliphatic rings. The number of aromatic nitrogens is 5. The summed E-state index contributed by atoms with van der Waals surface area (Å²) in [5.41, 5.74) is 1.24. The minimum absolute atomic E-state index is 0.275. The average molecular weight is 175 g/mol. The van der Waals surface area contributed by atoms with Crippen LogP contribution in [0.15, 0.2) is 12.5 Å². The zero-order valence-electron chi connectivity index (χ0n) is 7.47. The lowest BCUT2D eigenvalue weighted by Crippen LogP contribution is -2.01. The lowest BCUT2D eigenvalue weighted by atomic mass is 10.2. The number of hydrogen-bond donors (Lipinski definition) is 0. The minimum Gasteiger partial charge on any atom is -0.242 e. The van der Waals surface area contributed by atoms with Crippen molar-refractivity contribution < 1.29 is 0 Å². The largest absolute Gasteiger partial charge is 0.242 e. The molecular weight excluding hydrogens is 166 g/mol. The van der Waals surface area contributed by atoms with Crippen molar-refractivity contribution in [2.75, 3.05) is 0 Å². The number of nitrogens with zero attached hydrogens (tertiary/aromatic N) is 5. The Kier molecular flexibility index (Phi) is 1.84. The van der Waals surface area contributed by atoms with Gasteiger partial charge in [-0.15, -0.1) is 10.2 Å². The van der Waals surface area contributed by atoms with E-state index >= 15 is 0 Å². The van der Waals surface area contributed by atoms with E-state index in [4.69, 9.17) is 0 Å². The summed E-state index contributed by atoms with van der Waals surface area (Å²) in [6.45, 7) is 4.04. The molecule has 0 aliphatic carbocycles. The molecule has 0 unspecified atom stereocenters. The highest BCUT2D eigenvalue weighted by Crippen LogP contribution is 2.09. The van der Waals surface area contributed by atoms with Crippen molar-refractivity contribution in [1.82, 2.24) is 25.1 Å². The Bertz CT molecular complexity index is 426. The predicted molar refractivity (Wildman–Crippen MR) is 47.0 cm³/mol. The summed E-state index contributed by atoms with van der Waals surface area (Å²) in [5, 5.41) is 7.89. The molecule has 5 heteroatoms. The second-order valence-electron chi connectivity index (χ2n) is 3.06. The molecular formula is C8H9N5. The van der Waals surface area contributed by atoms with E-state index < -0.39 is 0 Å². The van der Waals surface area contributed by atoms with E-state index in [9.17, 15) is 0 Å². The van der Waals surface area contributed by atoms with Gasteiger partial charge in [0.25, 0.3) is 0 Å². The van der Waals surface area contributed by atoms with Crippen LogP contribution >= 0.6 is 0 Å². The molecule has 0 saturated heterocycles. The van der Waals surface area contributed by atoms with Crippen LogP contribution in [0.2, 0.25) is 0 Å². The van der Waals surface area contributed by atoms with E-state index in [1.165, 1.54) is 6.33 Å². The van der Waals surface area contributed by atoms with E-state index in [1.807, 2.05) is 13.8 Å². The van der Waals surface area contributed by atoms with Crippen LogP contribution in [0.4, 0.5) is 0 Å². The first kappa shape index (κ1) is 7.97. The highest BCUT2D eigenvalue weighted by atomic mass is 15.2. The standard InChI is InChI=1S/C8H9N5/c1-5(2)7-11-6-3-9-4-10-8(6)13-12-7/h3-5H,1-2H3. The summed E-state index contributed by atoms with van der Waals surface area (Å²) in [5.74, 6) is 0.999. The number of rotatable bonds is 1. The molecule has 0 radical (unpaired) electrons. The van der Waals surface area contributed by atoms with Crippen molar-refractivity contribution in [3.8, 4) is 0 Å². The summed E-state index contributed by atoms with van der Waals surface area (Å²) in [6.07, 6.45) is 3.08. The van der Waals surface area contributed by atoms with Crippen LogP contribution in [0.3, 0.4) is 0 Å². The lowest BCUT2D eigenvalue weighted by molar-refractivity contribution is 0.747. The van der Waals surface area contributed by atoms with Crippen LogP contribution in [0.5, 0.6) is 0 Å². The molecule has 2 heterocycles. The van der Waals surface area contributed by atoms with Gasteiger partial charge in [-0.1, -0.05) is 13.8 Å². The maximum Gasteiger partial charge on any atom is 0.203 e. The number of fused-ring (bicyclic) bond motifs is 1. The summed E-state index contributed by atoms with van der Waals surface area (Å²) >= 11 is 0. The summed E-state index contributed by atoms with van der Waals surface area (Å²) < 4.78 is 0. The quantitative estimate of drug-likeness (QED) is 0.645. The molecule has 0 atom stereocenters. The van der Waals surface area contributed by atoms with Gasteiger partial charge in [-0.2, -0.15) is 0 Å². The van der Waals surface area contributed by atoms with Crippen molar-refractivity contribution in [3.05, 3.63) is 18.3 Å². The first-order chi connectivity index (χ1) is 6.27. The molecule has 2 aromatic rings. The van der Waals surface area contributed by atoms with Crippen LogP contribution in [0.1, 0.15) is 25.6 Å². The fourth-order valence-electron chi connectivity index (χ4n) is 0.961. The topological polar surface area (TPSA) is 64.5 Å². The molecule has 0 aliphatic heterocycles. The minimum atomic E-state index is 0.275. The van der Waals surface area contributed by atoms with Gasteiger partial charge in [0.15, 0.2) is 5.82 Å². The van der Waals surface area contributed by atoms with Crippen LogP contribution in [-0.4, -0.2) is 25.1 Å². The predicted octanol–water partition coefficient (Wildman–Crippen LogP) is 0.938. The molecule has 0 spiro atoms. The highest BCUT2D eigenvalue weighted by Gasteiger charge is 2.05. The van der Waals surface area contributed by atoms with E-state index in [0.29, 0.717) is 11.2 Å². The molecule has 0 bridgehead atoms. The maximum absolute atomic E-state index is 4.28. The third-order valence-corrected chi connectivity index (χ3v) is 1.67.